The Morgan fingerprint density at radius 3 is 2.14 bits per heavy atom. The molecule has 2 N–H and O–H groups in total. The number of aliphatic carboxylic acids is 1. The second-order valence-electron chi connectivity index (χ2n) is 10.8. The molecule has 228 valence electrons. The van der Waals surface area contributed by atoms with Gasteiger partial charge in [0.05, 0.1) is 18.8 Å². The lowest BCUT2D eigenvalue weighted by Gasteiger charge is -2.39. The van der Waals surface area contributed by atoms with Crippen LogP contribution in [0.25, 0.3) is 11.1 Å². The van der Waals surface area contributed by atoms with Crippen LogP contribution in [0, 0.1) is 35.0 Å². The average Bonchev–Trinajstić information content (AvgIpc) is 3.55. The summed E-state index contributed by atoms with van der Waals surface area (Å²) in [5, 5.41) is 8.87. The largest absolute Gasteiger partial charge is 0.481 e. The molecule has 3 aromatic carbocycles. The van der Waals surface area contributed by atoms with Crippen LogP contribution in [0.15, 0.2) is 71.6 Å². The highest BCUT2D eigenvalue weighted by Crippen LogP contribution is 2.54. The van der Waals surface area contributed by atoms with Gasteiger partial charge >= 0.3 is 5.97 Å². The molecule has 43 heavy (non-hydrogen) atoms. The van der Waals surface area contributed by atoms with Crippen LogP contribution in [0.2, 0.25) is 0 Å². The third kappa shape index (κ3) is 5.83. The number of fused-ring (bicyclic) bond motifs is 2. The molecule has 0 radical (unpaired) electrons. The minimum absolute atomic E-state index is 0.0221. The number of allylic oxidation sites excluding steroid dienone is 2. The summed E-state index contributed by atoms with van der Waals surface area (Å²) in [6, 6.07) is 16.3. The average molecular weight is 622 g/mol. The van der Waals surface area contributed by atoms with Gasteiger partial charge in [0.1, 0.15) is 0 Å². The summed E-state index contributed by atoms with van der Waals surface area (Å²) in [6.07, 6.45) is 4.27. The van der Waals surface area contributed by atoms with E-state index in [1.54, 1.807) is 12.2 Å². The SMILES string of the molecule is O=C(O)CCC/C=C\C[C@H]1[C@H](NS(=O)(=O)c2c(F)c(F)c(F)c(F)c2F)[C@@H]2C[C@@]1(c1ccc(-c3ccccc3)cc1)CO2. The van der Waals surface area contributed by atoms with Crippen LogP contribution < -0.4 is 4.72 Å². The smallest absolute Gasteiger partial charge is 0.303 e. The van der Waals surface area contributed by atoms with E-state index < -0.39 is 73.5 Å². The third-order valence-corrected chi connectivity index (χ3v) is 9.76. The zero-order chi connectivity index (χ0) is 30.9. The highest BCUT2D eigenvalue weighted by molar-refractivity contribution is 7.89. The van der Waals surface area contributed by atoms with Gasteiger partial charge in [-0.25, -0.2) is 35.1 Å². The number of ether oxygens (including phenoxy) is 1. The van der Waals surface area contributed by atoms with Gasteiger partial charge in [-0.1, -0.05) is 66.7 Å². The second-order valence-corrected chi connectivity index (χ2v) is 12.4. The van der Waals surface area contributed by atoms with Gasteiger partial charge in [0.15, 0.2) is 28.2 Å². The maximum absolute atomic E-state index is 14.5. The van der Waals surface area contributed by atoms with Crippen LogP contribution in [0.5, 0.6) is 0 Å². The molecule has 2 aliphatic rings. The topological polar surface area (TPSA) is 92.7 Å². The number of carbonyl (C=O) groups is 1. The van der Waals surface area contributed by atoms with E-state index in [-0.39, 0.29) is 19.4 Å². The summed E-state index contributed by atoms with van der Waals surface area (Å²) in [4.78, 5) is 8.87. The van der Waals surface area contributed by atoms with E-state index in [2.05, 4.69) is 4.72 Å². The van der Waals surface area contributed by atoms with Crippen molar-refractivity contribution in [3.63, 3.8) is 0 Å². The molecule has 2 fully saturated rings. The normalized spacial score (nSPS) is 23.3. The van der Waals surface area contributed by atoms with E-state index in [0.29, 0.717) is 19.3 Å². The molecular weight excluding hydrogens is 593 g/mol. The van der Waals surface area contributed by atoms with Crippen molar-refractivity contribution in [1.29, 1.82) is 0 Å². The predicted octanol–water partition coefficient (Wildman–Crippen LogP) is 6.25. The van der Waals surface area contributed by atoms with Crippen molar-refractivity contribution in [3.8, 4) is 11.1 Å². The first kappa shape index (κ1) is 30.8. The Bertz CT molecular complexity index is 1620. The Hall–Kier alpha value is -3.61. The van der Waals surface area contributed by atoms with Crippen LogP contribution >= 0.6 is 0 Å². The monoisotopic (exact) mass is 621 g/mol. The number of hydrogen-bond acceptors (Lipinski definition) is 4. The fourth-order valence-electron chi connectivity index (χ4n) is 6.19. The van der Waals surface area contributed by atoms with Gasteiger partial charge < -0.3 is 9.84 Å². The van der Waals surface area contributed by atoms with E-state index in [4.69, 9.17) is 9.84 Å². The zero-order valence-corrected chi connectivity index (χ0v) is 23.5. The van der Waals surface area contributed by atoms with Crippen molar-refractivity contribution in [1.82, 2.24) is 4.72 Å². The molecule has 5 rings (SSSR count). The van der Waals surface area contributed by atoms with E-state index >= 15 is 0 Å². The lowest BCUT2D eigenvalue weighted by atomic mass is 9.70. The van der Waals surface area contributed by atoms with Crippen molar-refractivity contribution >= 4 is 16.0 Å². The molecule has 1 saturated carbocycles. The predicted molar refractivity (Wildman–Crippen MR) is 147 cm³/mol. The lowest BCUT2D eigenvalue weighted by molar-refractivity contribution is -0.137. The Balaban J connectivity index is 1.48. The summed E-state index contributed by atoms with van der Waals surface area (Å²) in [7, 11) is -5.24. The van der Waals surface area contributed by atoms with Crippen molar-refractivity contribution in [3.05, 3.63) is 101 Å². The maximum Gasteiger partial charge on any atom is 0.303 e. The molecule has 0 unspecified atom stereocenters. The molecule has 0 aromatic heterocycles. The first-order valence-corrected chi connectivity index (χ1v) is 15.1. The summed E-state index contributed by atoms with van der Waals surface area (Å²) >= 11 is 0. The quantitative estimate of drug-likeness (QED) is 0.0868. The first-order chi connectivity index (χ1) is 20.5. The minimum Gasteiger partial charge on any atom is -0.481 e. The van der Waals surface area contributed by atoms with Crippen LogP contribution in [0.4, 0.5) is 22.0 Å². The van der Waals surface area contributed by atoms with Gasteiger partial charge in [0.25, 0.3) is 0 Å². The number of hydrogen-bond donors (Lipinski definition) is 2. The highest BCUT2D eigenvalue weighted by Gasteiger charge is 2.60. The van der Waals surface area contributed by atoms with Crippen molar-refractivity contribution < 1.29 is 45.0 Å². The fourth-order valence-corrected chi connectivity index (χ4v) is 7.63. The summed E-state index contributed by atoms with van der Waals surface area (Å²) < 4.78 is 105. The van der Waals surface area contributed by atoms with E-state index in [0.717, 1.165) is 16.7 Å². The Labute approximate surface area is 245 Å². The summed E-state index contributed by atoms with van der Waals surface area (Å²) in [6.45, 7) is 0.223. The number of sulfonamides is 1. The van der Waals surface area contributed by atoms with Gasteiger partial charge in [-0.2, -0.15) is 0 Å². The molecule has 1 heterocycles. The van der Waals surface area contributed by atoms with Crippen LogP contribution in [0.1, 0.15) is 37.7 Å². The fraction of sp³-hybridized carbons (Fsp3) is 0.323. The zero-order valence-electron chi connectivity index (χ0n) is 22.7. The summed E-state index contributed by atoms with van der Waals surface area (Å²) in [5.74, 6) is -13.5. The Morgan fingerprint density at radius 2 is 1.51 bits per heavy atom. The van der Waals surface area contributed by atoms with E-state index in [1.165, 1.54) is 0 Å². The molecule has 4 atom stereocenters. The van der Waals surface area contributed by atoms with Gasteiger partial charge in [-0.05, 0) is 48.3 Å². The highest BCUT2D eigenvalue weighted by atomic mass is 32.2. The number of rotatable bonds is 11. The van der Waals surface area contributed by atoms with E-state index in [1.807, 2.05) is 54.6 Å². The third-order valence-electron chi connectivity index (χ3n) is 8.28. The number of carboxylic acid groups (broad SMARTS) is 1. The first-order valence-electron chi connectivity index (χ1n) is 13.6. The van der Waals surface area contributed by atoms with Gasteiger partial charge in [0, 0.05) is 11.8 Å². The molecule has 2 bridgehead atoms. The summed E-state index contributed by atoms with van der Waals surface area (Å²) in [5.41, 5.74) is 2.06. The Kier molecular flexibility index (Phi) is 8.73. The molecule has 1 saturated heterocycles. The number of halogens is 5. The van der Waals surface area contributed by atoms with Gasteiger partial charge in [-0.3, -0.25) is 4.79 Å². The standard InChI is InChI=1S/C31H28F5NO5S/c32-24-25(33)27(35)30(28(36)26(24)34)43(40,41)37-29-21(10-6-1-2-7-11-23(38)39)31(16-22(29)42-17-31)20-14-12-19(13-15-20)18-8-4-3-5-9-18/h1,3-6,8-9,12-15,21-22,29,37H,2,7,10-11,16-17H2,(H,38,39)/b6-1-/t21-,22-,29-,31-/m0/s1. The second kappa shape index (κ2) is 12.2. The molecular formula is C31H28F5NO5S. The number of benzene rings is 3. The molecule has 6 nitrogen and oxygen atoms in total. The number of carboxylic acids is 1. The van der Waals surface area contributed by atoms with Crippen LogP contribution in [-0.4, -0.2) is 38.2 Å². The van der Waals surface area contributed by atoms with Crippen molar-refractivity contribution in [2.75, 3.05) is 6.61 Å². The molecule has 1 aliphatic heterocycles. The number of unbranched alkanes of at least 4 members (excludes halogenated alkanes) is 1. The lowest BCUT2D eigenvalue weighted by Crippen LogP contribution is -2.51. The van der Waals surface area contributed by atoms with Crippen LogP contribution in [0.3, 0.4) is 0 Å². The maximum atomic E-state index is 14.5. The minimum atomic E-state index is -5.24. The molecule has 12 heteroatoms. The molecule has 0 spiro atoms. The molecule has 3 aromatic rings. The van der Waals surface area contributed by atoms with Gasteiger partial charge in [-0.15, -0.1) is 0 Å². The Morgan fingerprint density at radius 1 is 0.907 bits per heavy atom. The van der Waals surface area contributed by atoms with Crippen molar-refractivity contribution in [2.24, 2.45) is 5.92 Å². The molecule has 0 amide bonds. The number of nitrogens with one attached hydrogen (secondary N) is 1. The van der Waals surface area contributed by atoms with Gasteiger partial charge in [0.2, 0.25) is 15.8 Å². The van der Waals surface area contributed by atoms with E-state index in [9.17, 15) is 35.2 Å². The van der Waals surface area contributed by atoms with Crippen molar-refractivity contribution in [2.45, 2.75) is 54.6 Å². The molecule has 1 aliphatic carbocycles. The van der Waals surface area contributed by atoms with Crippen LogP contribution in [-0.2, 0) is 25.0 Å².